The summed E-state index contributed by atoms with van der Waals surface area (Å²) in [7, 11) is -3.65. The van der Waals surface area contributed by atoms with Crippen LogP contribution in [-0.4, -0.2) is 38.3 Å². The van der Waals surface area contributed by atoms with E-state index in [4.69, 9.17) is 16.3 Å². The standard InChI is InChI=1S/C21H25ClN2O4S/c1-2-28-19-9-11-20(12-10-19)29(26,27)24-13-3-4-17(15-24)21(25)23-14-16-5-7-18(22)8-6-16/h5-12,17H,2-4,13-15H2,1H3,(H,23,25)/t17-/m1/s1. The number of piperidine rings is 1. The third-order valence-electron chi connectivity index (χ3n) is 4.91. The molecule has 156 valence electrons. The number of sulfonamides is 1. The molecule has 1 heterocycles. The molecule has 0 saturated carbocycles. The Hall–Kier alpha value is -2.09. The number of halogens is 1. The van der Waals surface area contributed by atoms with E-state index in [1.165, 1.54) is 4.31 Å². The number of nitrogens with zero attached hydrogens (tertiary/aromatic N) is 1. The SMILES string of the molecule is CCOc1ccc(S(=O)(=O)N2CCC[C@@H](C(=O)NCc3ccc(Cl)cc3)C2)cc1. The van der Waals surface area contributed by atoms with Gasteiger partial charge in [-0.3, -0.25) is 4.79 Å². The van der Waals surface area contributed by atoms with Gasteiger partial charge in [0.25, 0.3) is 0 Å². The van der Waals surface area contributed by atoms with Gasteiger partial charge in [-0.05, 0) is 61.7 Å². The van der Waals surface area contributed by atoms with Gasteiger partial charge in [0.05, 0.1) is 17.4 Å². The van der Waals surface area contributed by atoms with E-state index >= 15 is 0 Å². The highest BCUT2D eigenvalue weighted by Crippen LogP contribution is 2.25. The molecule has 1 N–H and O–H groups in total. The molecule has 1 fully saturated rings. The van der Waals surface area contributed by atoms with Gasteiger partial charge in [-0.15, -0.1) is 0 Å². The molecular weight excluding hydrogens is 412 g/mol. The molecule has 1 aliphatic rings. The van der Waals surface area contributed by atoms with E-state index in [-0.39, 0.29) is 23.3 Å². The van der Waals surface area contributed by atoms with Gasteiger partial charge in [-0.1, -0.05) is 23.7 Å². The van der Waals surface area contributed by atoms with Crippen molar-refractivity contribution in [3.8, 4) is 5.75 Å². The molecule has 1 aliphatic heterocycles. The molecule has 2 aromatic rings. The predicted molar refractivity (Wildman–Crippen MR) is 112 cm³/mol. The van der Waals surface area contributed by atoms with Gasteiger partial charge in [-0.2, -0.15) is 4.31 Å². The fraction of sp³-hybridized carbons (Fsp3) is 0.381. The fourth-order valence-electron chi connectivity index (χ4n) is 3.33. The van der Waals surface area contributed by atoms with Gasteiger partial charge < -0.3 is 10.1 Å². The maximum atomic E-state index is 13.0. The second-order valence-corrected chi connectivity index (χ2v) is 9.33. The van der Waals surface area contributed by atoms with Crippen molar-refractivity contribution in [2.75, 3.05) is 19.7 Å². The number of hydrogen-bond acceptors (Lipinski definition) is 4. The average Bonchev–Trinajstić information content (AvgIpc) is 2.74. The number of amides is 1. The normalized spacial score (nSPS) is 17.7. The molecule has 0 spiro atoms. The molecule has 0 unspecified atom stereocenters. The summed E-state index contributed by atoms with van der Waals surface area (Å²) < 4.78 is 32.7. The van der Waals surface area contributed by atoms with Gasteiger partial charge in [0.2, 0.25) is 15.9 Å². The van der Waals surface area contributed by atoms with Gasteiger partial charge in [0, 0.05) is 24.7 Å². The summed E-state index contributed by atoms with van der Waals surface area (Å²) in [4.78, 5) is 12.8. The quantitative estimate of drug-likeness (QED) is 0.721. The molecule has 6 nitrogen and oxygen atoms in total. The summed E-state index contributed by atoms with van der Waals surface area (Å²) in [6, 6.07) is 13.6. The van der Waals surface area contributed by atoms with E-state index in [0.717, 1.165) is 5.56 Å². The van der Waals surface area contributed by atoms with Crippen LogP contribution < -0.4 is 10.1 Å². The molecule has 0 bridgehead atoms. The van der Waals surface area contributed by atoms with Crippen molar-refractivity contribution < 1.29 is 17.9 Å². The number of rotatable bonds is 7. The molecule has 2 aromatic carbocycles. The van der Waals surface area contributed by atoms with E-state index in [9.17, 15) is 13.2 Å². The molecule has 8 heteroatoms. The fourth-order valence-corrected chi connectivity index (χ4v) is 4.98. The smallest absolute Gasteiger partial charge is 0.243 e. The number of nitrogens with one attached hydrogen (secondary N) is 1. The molecule has 3 rings (SSSR count). The van der Waals surface area contributed by atoms with Gasteiger partial charge in [0.15, 0.2) is 0 Å². The topological polar surface area (TPSA) is 75.7 Å². The Labute approximate surface area is 176 Å². The second kappa shape index (κ2) is 9.61. The van der Waals surface area contributed by atoms with E-state index < -0.39 is 10.0 Å². The lowest BCUT2D eigenvalue weighted by Gasteiger charge is -2.31. The zero-order chi connectivity index (χ0) is 20.9. The molecule has 0 radical (unpaired) electrons. The van der Waals surface area contributed by atoms with Crippen LogP contribution in [0.3, 0.4) is 0 Å². The van der Waals surface area contributed by atoms with Crippen molar-refractivity contribution in [1.82, 2.24) is 9.62 Å². The molecular formula is C21H25ClN2O4S. The number of benzene rings is 2. The summed E-state index contributed by atoms with van der Waals surface area (Å²) in [6.45, 7) is 3.37. The Balaban J connectivity index is 1.62. The molecule has 1 saturated heterocycles. The van der Waals surface area contributed by atoms with Gasteiger partial charge in [-0.25, -0.2) is 8.42 Å². The highest BCUT2D eigenvalue weighted by atomic mass is 35.5. The van der Waals surface area contributed by atoms with Gasteiger partial charge in [0.1, 0.15) is 5.75 Å². The largest absolute Gasteiger partial charge is 0.494 e. The minimum atomic E-state index is -3.65. The van der Waals surface area contributed by atoms with Crippen molar-refractivity contribution in [3.05, 3.63) is 59.1 Å². The zero-order valence-corrected chi connectivity index (χ0v) is 17.9. The first kappa shape index (κ1) is 21.6. The number of hydrogen-bond donors (Lipinski definition) is 1. The van der Waals surface area contributed by atoms with Crippen LogP contribution in [0.4, 0.5) is 0 Å². The summed E-state index contributed by atoms with van der Waals surface area (Å²) in [6.07, 6.45) is 1.32. The predicted octanol–water partition coefficient (Wildman–Crippen LogP) is 3.46. The first-order valence-corrected chi connectivity index (χ1v) is 11.5. The lowest BCUT2D eigenvalue weighted by atomic mass is 9.99. The third-order valence-corrected chi connectivity index (χ3v) is 7.04. The van der Waals surface area contributed by atoms with Crippen LogP contribution in [0.25, 0.3) is 0 Å². The van der Waals surface area contributed by atoms with Crippen molar-refractivity contribution >= 4 is 27.5 Å². The van der Waals surface area contributed by atoms with E-state index in [1.54, 1.807) is 36.4 Å². The van der Waals surface area contributed by atoms with Crippen LogP contribution in [0.2, 0.25) is 5.02 Å². The lowest BCUT2D eigenvalue weighted by molar-refractivity contribution is -0.126. The number of ether oxygens (including phenoxy) is 1. The van der Waals surface area contributed by atoms with E-state index in [0.29, 0.717) is 43.3 Å². The maximum Gasteiger partial charge on any atom is 0.243 e. The third kappa shape index (κ3) is 5.50. The van der Waals surface area contributed by atoms with Crippen molar-refractivity contribution in [2.45, 2.75) is 31.2 Å². The highest BCUT2D eigenvalue weighted by Gasteiger charge is 2.33. The monoisotopic (exact) mass is 436 g/mol. The van der Waals surface area contributed by atoms with E-state index in [2.05, 4.69) is 5.32 Å². The summed E-state index contributed by atoms with van der Waals surface area (Å²) in [5.74, 6) is 0.129. The lowest BCUT2D eigenvalue weighted by Crippen LogP contribution is -2.45. The molecule has 1 atom stereocenters. The van der Waals surface area contributed by atoms with Crippen molar-refractivity contribution in [3.63, 3.8) is 0 Å². The van der Waals surface area contributed by atoms with Crippen LogP contribution in [0, 0.1) is 5.92 Å². The van der Waals surface area contributed by atoms with Crippen LogP contribution >= 0.6 is 11.6 Å². The van der Waals surface area contributed by atoms with Crippen LogP contribution in [0.1, 0.15) is 25.3 Å². The minimum Gasteiger partial charge on any atom is -0.494 e. The zero-order valence-electron chi connectivity index (χ0n) is 16.3. The Morgan fingerprint density at radius 2 is 1.86 bits per heavy atom. The summed E-state index contributed by atoms with van der Waals surface area (Å²) >= 11 is 5.87. The Morgan fingerprint density at radius 3 is 2.52 bits per heavy atom. The maximum absolute atomic E-state index is 13.0. The second-order valence-electron chi connectivity index (χ2n) is 6.95. The summed E-state index contributed by atoms with van der Waals surface area (Å²) in [5, 5.41) is 3.54. The first-order chi connectivity index (χ1) is 13.9. The number of carbonyl (C=O) groups excluding carboxylic acids is 1. The Bertz CT molecular complexity index is 930. The van der Waals surface area contributed by atoms with Crippen molar-refractivity contribution in [1.29, 1.82) is 0 Å². The summed E-state index contributed by atoms with van der Waals surface area (Å²) in [5.41, 5.74) is 0.942. The number of carbonyl (C=O) groups is 1. The Kier molecular flexibility index (Phi) is 7.16. The van der Waals surface area contributed by atoms with Crippen molar-refractivity contribution in [2.24, 2.45) is 5.92 Å². The molecule has 0 aliphatic carbocycles. The highest BCUT2D eigenvalue weighted by molar-refractivity contribution is 7.89. The molecule has 1 amide bonds. The molecule has 29 heavy (non-hydrogen) atoms. The Morgan fingerprint density at radius 1 is 1.17 bits per heavy atom. The van der Waals surface area contributed by atoms with Crippen LogP contribution in [0.5, 0.6) is 5.75 Å². The minimum absolute atomic E-state index is 0.133. The van der Waals surface area contributed by atoms with E-state index in [1.807, 2.05) is 19.1 Å². The van der Waals surface area contributed by atoms with Gasteiger partial charge >= 0.3 is 0 Å². The van der Waals surface area contributed by atoms with Crippen LogP contribution in [0.15, 0.2) is 53.4 Å². The first-order valence-electron chi connectivity index (χ1n) is 9.65. The average molecular weight is 437 g/mol. The van der Waals surface area contributed by atoms with Crippen LogP contribution in [-0.2, 0) is 21.4 Å². The molecule has 0 aromatic heterocycles.